The molecule has 0 spiro atoms. The highest BCUT2D eigenvalue weighted by Crippen LogP contribution is 2.19. The Kier molecular flexibility index (Phi) is 5.69. The fourth-order valence-electron chi connectivity index (χ4n) is 2.11. The number of rotatable bonds is 6. The average Bonchev–Trinajstić information content (AvgIpc) is 2.82. The first-order valence-corrected chi connectivity index (χ1v) is 7.34. The monoisotopic (exact) mass is 316 g/mol. The van der Waals surface area contributed by atoms with E-state index < -0.39 is 0 Å². The molecule has 0 radical (unpaired) electrons. The van der Waals surface area contributed by atoms with Gasteiger partial charge in [0, 0.05) is 13.1 Å². The van der Waals surface area contributed by atoms with Crippen LogP contribution in [0.4, 0.5) is 0 Å². The molecule has 2 heterocycles. The van der Waals surface area contributed by atoms with Crippen molar-refractivity contribution in [3.8, 4) is 0 Å². The number of hydrogen-bond acceptors (Lipinski definition) is 4. The molecule has 0 aromatic carbocycles. The van der Waals surface area contributed by atoms with Crippen molar-refractivity contribution in [3.05, 3.63) is 22.6 Å². The Hall–Kier alpha value is -0.360. The molecule has 1 aliphatic heterocycles. The summed E-state index contributed by atoms with van der Waals surface area (Å²) in [6.07, 6.45) is 1.16. The molecule has 0 amide bonds. The van der Waals surface area contributed by atoms with Crippen molar-refractivity contribution in [2.75, 3.05) is 39.4 Å². The topological polar surface area (TPSA) is 37.6 Å². The van der Waals surface area contributed by atoms with Crippen LogP contribution < -0.4 is 5.32 Å². The van der Waals surface area contributed by atoms with E-state index in [4.69, 9.17) is 9.15 Å². The van der Waals surface area contributed by atoms with Gasteiger partial charge < -0.3 is 14.5 Å². The molecule has 1 saturated heterocycles. The third-order valence-corrected chi connectivity index (χ3v) is 3.65. The molecular formula is C13H21BrN2O2. The van der Waals surface area contributed by atoms with Crippen LogP contribution in [0.15, 0.2) is 21.2 Å². The van der Waals surface area contributed by atoms with Crippen molar-refractivity contribution in [2.24, 2.45) is 0 Å². The molecule has 1 unspecified atom stereocenters. The van der Waals surface area contributed by atoms with Crippen LogP contribution in [0.3, 0.4) is 0 Å². The lowest BCUT2D eigenvalue weighted by Crippen LogP contribution is -2.37. The summed E-state index contributed by atoms with van der Waals surface area (Å²) in [4.78, 5) is 2.46. The zero-order valence-corrected chi connectivity index (χ0v) is 12.4. The third-order valence-electron chi connectivity index (χ3n) is 3.23. The molecule has 1 fully saturated rings. The van der Waals surface area contributed by atoms with Gasteiger partial charge in [0.15, 0.2) is 4.67 Å². The minimum atomic E-state index is 0.265. The lowest BCUT2D eigenvalue weighted by Gasteiger charge is -2.26. The molecule has 1 aliphatic rings. The van der Waals surface area contributed by atoms with Crippen LogP contribution in [0.5, 0.6) is 0 Å². The number of furan rings is 1. The van der Waals surface area contributed by atoms with Gasteiger partial charge in [-0.05, 0) is 54.5 Å². The van der Waals surface area contributed by atoms with E-state index in [2.05, 4.69) is 33.1 Å². The van der Waals surface area contributed by atoms with Gasteiger partial charge in [0.25, 0.3) is 0 Å². The first kappa shape index (κ1) is 14.1. The Morgan fingerprint density at radius 1 is 1.39 bits per heavy atom. The standard InChI is InChI=1S/C13H21BrN2O2/c1-11(12-3-4-13(14)18-12)15-5-2-6-16-7-9-17-10-8-16/h3-4,11,15H,2,5-10H2,1H3. The van der Waals surface area contributed by atoms with Crippen LogP contribution in [-0.4, -0.2) is 44.3 Å². The van der Waals surface area contributed by atoms with E-state index in [-0.39, 0.29) is 6.04 Å². The number of nitrogens with one attached hydrogen (secondary N) is 1. The predicted octanol–water partition coefficient (Wildman–Crippen LogP) is 2.42. The van der Waals surface area contributed by atoms with Crippen molar-refractivity contribution in [1.82, 2.24) is 10.2 Å². The number of hydrogen-bond donors (Lipinski definition) is 1. The molecule has 1 aromatic rings. The van der Waals surface area contributed by atoms with E-state index in [0.717, 1.165) is 56.2 Å². The zero-order valence-electron chi connectivity index (χ0n) is 10.8. The zero-order chi connectivity index (χ0) is 12.8. The molecular weight excluding hydrogens is 296 g/mol. The normalized spacial score (nSPS) is 19.0. The molecule has 2 rings (SSSR count). The molecule has 0 bridgehead atoms. The average molecular weight is 317 g/mol. The summed E-state index contributed by atoms with van der Waals surface area (Å²) in [5.41, 5.74) is 0. The highest BCUT2D eigenvalue weighted by Gasteiger charge is 2.11. The lowest BCUT2D eigenvalue weighted by molar-refractivity contribution is 0.0374. The summed E-state index contributed by atoms with van der Waals surface area (Å²) in [5.74, 6) is 0.980. The van der Waals surface area contributed by atoms with Crippen molar-refractivity contribution in [3.63, 3.8) is 0 Å². The Bertz CT molecular complexity index is 351. The van der Waals surface area contributed by atoms with E-state index in [1.165, 1.54) is 0 Å². The number of morpholine rings is 1. The summed E-state index contributed by atoms with van der Waals surface area (Å²) in [5, 5.41) is 3.48. The second-order valence-corrected chi connectivity index (χ2v) is 5.41. The summed E-state index contributed by atoms with van der Waals surface area (Å²) >= 11 is 3.32. The van der Waals surface area contributed by atoms with E-state index in [1.54, 1.807) is 0 Å². The SMILES string of the molecule is CC(NCCCN1CCOCC1)c1ccc(Br)o1. The predicted molar refractivity (Wildman–Crippen MR) is 74.7 cm³/mol. The minimum Gasteiger partial charge on any atom is -0.453 e. The Balaban J connectivity index is 1.60. The van der Waals surface area contributed by atoms with Crippen LogP contribution in [0.25, 0.3) is 0 Å². The maximum atomic E-state index is 5.52. The third kappa shape index (κ3) is 4.39. The molecule has 1 atom stereocenters. The maximum Gasteiger partial charge on any atom is 0.169 e. The van der Waals surface area contributed by atoms with Gasteiger partial charge in [-0.25, -0.2) is 0 Å². The molecule has 4 nitrogen and oxygen atoms in total. The van der Waals surface area contributed by atoms with Gasteiger partial charge in [-0.15, -0.1) is 0 Å². The first-order chi connectivity index (χ1) is 8.75. The summed E-state index contributed by atoms with van der Waals surface area (Å²) in [6, 6.07) is 4.20. The molecule has 18 heavy (non-hydrogen) atoms. The van der Waals surface area contributed by atoms with Crippen molar-refractivity contribution in [2.45, 2.75) is 19.4 Å². The van der Waals surface area contributed by atoms with Gasteiger partial charge in [-0.2, -0.15) is 0 Å². The van der Waals surface area contributed by atoms with E-state index in [0.29, 0.717) is 0 Å². The Morgan fingerprint density at radius 3 is 2.83 bits per heavy atom. The van der Waals surface area contributed by atoms with Crippen LogP contribution in [0.1, 0.15) is 25.1 Å². The maximum absolute atomic E-state index is 5.52. The Labute approximate surface area is 117 Å². The number of halogens is 1. The van der Waals surface area contributed by atoms with Crippen molar-refractivity contribution >= 4 is 15.9 Å². The largest absolute Gasteiger partial charge is 0.453 e. The Morgan fingerprint density at radius 2 is 2.17 bits per heavy atom. The first-order valence-electron chi connectivity index (χ1n) is 6.54. The molecule has 102 valence electrons. The highest BCUT2D eigenvalue weighted by atomic mass is 79.9. The number of ether oxygens (including phenoxy) is 1. The van der Waals surface area contributed by atoms with Crippen molar-refractivity contribution in [1.29, 1.82) is 0 Å². The van der Waals surface area contributed by atoms with Crippen LogP contribution in [0, 0.1) is 0 Å². The molecule has 5 heteroatoms. The van der Waals surface area contributed by atoms with Crippen LogP contribution in [-0.2, 0) is 4.74 Å². The molecule has 0 aliphatic carbocycles. The van der Waals surface area contributed by atoms with E-state index in [1.807, 2.05) is 12.1 Å². The van der Waals surface area contributed by atoms with Crippen molar-refractivity contribution < 1.29 is 9.15 Å². The number of nitrogens with zero attached hydrogens (tertiary/aromatic N) is 1. The second kappa shape index (κ2) is 7.28. The quantitative estimate of drug-likeness (QED) is 0.818. The molecule has 1 aromatic heterocycles. The van der Waals surface area contributed by atoms with Gasteiger partial charge in [-0.1, -0.05) is 0 Å². The van der Waals surface area contributed by atoms with Gasteiger partial charge >= 0.3 is 0 Å². The van der Waals surface area contributed by atoms with E-state index >= 15 is 0 Å². The summed E-state index contributed by atoms with van der Waals surface area (Å²) in [7, 11) is 0. The second-order valence-electron chi connectivity index (χ2n) is 4.63. The van der Waals surface area contributed by atoms with Gasteiger partial charge in [0.1, 0.15) is 5.76 Å². The lowest BCUT2D eigenvalue weighted by atomic mass is 10.2. The van der Waals surface area contributed by atoms with Crippen LogP contribution in [0.2, 0.25) is 0 Å². The van der Waals surface area contributed by atoms with Gasteiger partial charge in [-0.3, -0.25) is 4.90 Å². The van der Waals surface area contributed by atoms with Gasteiger partial charge in [0.05, 0.1) is 19.3 Å². The molecule has 0 saturated carbocycles. The minimum absolute atomic E-state index is 0.265. The fourth-order valence-corrected chi connectivity index (χ4v) is 2.43. The fraction of sp³-hybridized carbons (Fsp3) is 0.692. The van der Waals surface area contributed by atoms with Crippen LogP contribution >= 0.6 is 15.9 Å². The molecule has 1 N–H and O–H groups in total. The van der Waals surface area contributed by atoms with E-state index in [9.17, 15) is 0 Å². The van der Waals surface area contributed by atoms with Gasteiger partial charge in [0.2, 0.25) is 0 Å². The smallest absolute Gasteiger partial charge is 0.169 e. The summed E-state index contributed by atoms with van der Waals surface area (Å²) in [6.45, 7) is 8.18. The summed E-state index contributed by atoms with van der Waals surface area (Å²) < 4.78 is 11.6. The highest BCUT2D eigenvalue weighted by molar-refractivity contribution is 9.10.